The molecule has 0 bridgehead atoms. The number of anilines is 1. The fraction of sp³-hybridized carbons (Fsp3) is 0.355. The molecule has 1 N–H and O–H groups in total. The van der Waals surface area contributed by atoms with Gasteiger partial charge in [-0.3, -0.25) is 13.9 Å². The lowest BCUT2D eigenvalue weighted by Crippen LogP contribution is -2.53. The Morgan fingerprint density at radius 3 is 2.23 bits per heavy atom. The average Bonchev–Trinajstić information content (AvgIpc) is 2.96. The third-order valence-corrected chi connectivity index (χ3v) is 9.19. The molecular weight excluding hydrogens is 529 g/mol. The Labute approximate surface area is 236 Å². The number of nitrogens with zero attached hydrogens (tertiary/aromatic N) is 2. The lowest BCUT2D eigenvalue weighted by atomic mass is 9.95. The molecule has 4 rings (SSSR count). The van der Waals surface area contributed by atoms with Crippen LogP contribution in [0.5, 0.6) is 0 Å². The second-order valence-corrected chi connectivity index (χ2v) is 12.1. The van der Waals surface area contributed by atoms with E-state index in [4.69, 9.17) is 0 Å². The van der Waals surface area contributed by atoms with E-state index in [1.165, 1.54) is 23.1 Å². The fourth-order valence-electron chi connectivity index (χ4n) is 5.04. The minimum Gasteiger partial charge on any atom is -0.352 e. The molecule has 3 aromatic rings. The van der Waals surface area contributed by atoms with Crippen LogP contribution in [0.3, 0.4) is 0 Å². The van der Waals surface area contributed by atoms with Crippen molar-refractivity contribution in [3.8, 4) is 0 Å². The van der Waals surface area contributed by atoms with E-state index < -0.39 is 34.3 Å². The second-order valence-electron chi connectivity index (χ2n) is 10.2. The van der Waals surface area contributed by atoms with E-state index in [1.807, 2.05) is 0 Å². The largest absolute Gasteiger partial charge is 0.352 e. The molecule has 0 aromatic heterocycles. The quantitative estimate of drug-likeness (QED) is 0.366. The number of nitrogens with one attached hydrogen (secondary N) is 1. The van der Waals surface area contributed by atoms with Crippen molar-refractivity contribution in [2.45, 2.75) is 69.5 Å². The number of rotatable bonds is 10. The molecule has 1 aliphatic carbocycles. The van der Waals surface area contributed by atoms with Gasteiger partial charge in [-0.05, 0) is 56.5 Å². The zero-order valence-electron chi connectivity index (χ0n) is 22.9. The summed E-state index contributed by atoms with van der Waals surface area (Å²) in [5.74, 6) is -1.46. The third-order valence-electron chi connectivity index (χ3n) is 7.41. The van der Waals surface area contributed by atoms with Crippen LogP contribution in [0.2, 0.25) is 0 Å². The number of amides is 2. The minimum absolute atomic E-state index is 0.0241. The number of aryl methyl sites for hydroxylation is 1. The monoisotopic (exact) mass is 565 g/mol. The molecule has 9 heteroatoms. The summed E-state index contributed by atoms with van der Waals surface area (Å²) in [5, 5.41) is 3.05. The number of para-hydroxylation sites is 1. The topological polar surface area (TPSA) is 86.8 Å². The van der Waals surface area contributed by atoms with Crippen molar-refractivity contribution >= 4 is 27.5 Å². The maximum absolute atomic E-state index is 14.7. The normalized spacial score (nSPS) is 14.8. The molecule has 7 nitrogen and oxygen atoms in total. The molecule has 0 heterocycles. The molecule has 0 unspecified atom stereocenters. The second kappa shape index (κ2) is 13.1. The molecule has 1 atom stereocenters. The van der Waals surface area contributed by atoms with Crippen LogP contribution in [0.1, 0.15) is 50.2 Å². The summed E-state index contributed by atoms with van der Waals surface area (Å²) in [6.07, 6.45) is 4.93. The number of hydrogen-bond donors (Lipinski definition) is 1. The molecule has 2 amide bonds. The van der Waals surface area contributed by atoms with E-state index >= 15 is 0 Å². The summed E-state index contributed by atoms with van der Waals surface area (Å²) in [5.41, 5.74) is 1.25. The van der Waals surface area contributed by atoms with Crippen LogP contribution >= 0.6 is 0 Å². The average molecular weight is 566 g/mol. The minimum atomic E-state index is -4.14. The standard InChI is InChI=1S/C31H36FN3O4S/c1-23-13-9-12-20-29(23)35(40(38,39)27-17-7-4-8-18-27)22-30(36)34(21-25-14-10-11-19-28(25)32)24(2)31(37)33-26-15-5-3-6-16-26/h4,7-14,17-20,24,26H,3,5-6,15-16,21-22H2,1-2H3,(H,33,37)/t24-/m1/s1. The molecule has 0 saturated heterocycles. The Hall–Kier alpha value is -3.72. The molecule has 0 radical (unpaired) electrons. The molecule has 3 aromatic carbocycles. The first-order valence-corrected chi connectivity index (χ1v) is 15.1. The molecule has 1 saturated carbocycles. The van der Waals surface area contributed by atoms with Crippen LogP contribution in [0.15, 0.2) is 83.8 Å². The number of carbonyl (C=O) groups is 2. The van der Waals surface area contributed by atoms with Crippen LogP contribution in [-0.2, 0) is 26.2 Å². The van der Waals surface area contributed by atoms with Crippen molar-refractivity contribution in [2.75, 3.05) is 10.8 Å². The van der Waals surface area contributed by atoms with Gasteiger partial charge in [0.1, 0.15) is 18.4 Å². The van der Waals surface area contributed by atoms with Gasteiger partial charge in [-0.1, -0.05) is 73.9 Å². The summed E-state index contributed by atoms with van der Waals surface area (Å²) in [4.78, 5) is 28.6. The lowest BCUT2D eigenvalue weighted by Gasteiger charge is -2.33. The Bertz CT molecular complexity index is 1430. The predicted octanol–water partition coefficient (Wildman–Crippen LogP) is 5.20. The molecule has 40 heavy (non-hydrogen) atoms. The molecule has 0 aliphatic heterocycles. The summed E-state index contributed by atoms with van der Waals surface area (Å²) in [7, 11) is -4.14. The van der Waals surface area contributed by atoms with Crippen LogP contribution in [0, 0.1) is 12.7 Å². The van der Waals surface area contributed by atoms with Gasteiger partial charge in [0.25, 0.3) is 10.0 Å². The highest BCUT2D eigenvalue weighted by Crippen LogP contribution is 2.27. The van der Waals surface area contributed by atoms with E-state index in [0.717, 1.165) is 36.4 Å². The Morgan fingerprint density at radius 2 is 1.55 bits per heavy atom. The van der Waals surface area contributed by atoms with E-state index in [2.05, 4.69) is 5.32 Å². The van der Waals surface area contributed by atoms with Gasteiger partial charge in [0.15, 0.2) is 0 Å². The maximum atomic E-state index is 14.7. The summed E-state index contributed by atoms with van der Waals surface area (Å²) < 4.78 is 43.4. The molecule has 0 spiro atoms. The number of carbonyl (C=O) groups excluding carboxylic acids is 2. The first kappa shape index (κ1) is 29.3. The van der Waals surface area contributed by atoms with Crippen molar-refractivity contribution in [1.82, 2.24) is 10.2 Å². The van der Waals surface area contributed by atoms with Gasteiger partial charge in [0.2, 0.25) is 11.8 Å². The first-order valence-electron chi connectivity index (χ1n) is 13.6. The molecule has 212 valence electrons. The number of halogens is 1. The molecular formula is C31H36FN3O4S. The van der Waals surface area contributed by atoms with Crippen molar-refractivity contribution < 1.29 is 22.4 Å². The number of hydrogen-bond acceptors (Lipinski definition) is 4. The number of benzene rings is 3. The highest BCUT2D eigenvalue weighted by atomic mass is 32.2. The zero-order chi connectivity index (χ0) is 28.7. The smallest absolute Gasteiger partial charge is 0.264 e. The Kier molecular flexibility index (Phi) is 9.58. The summed E-state index contributed by atoms with van der Waals surface area (Å²) in [6, 6.07) is 19.9. The highest BCUT2D eigenvalue weighted by Gasteiger charge is 2.34. The first-order chi connectivity index (χ1) is 19.2. The van der Waals surface area contributed by atoms with E-state index in [1.54, 1.807) is 74.5 Å². The maximum Gasteiger partial charge on any atom is 0.264 e. The van der Waals surface area contributed by atoms with Crippen molar-refractivity contribution in [2.24, 2.45) is 0 Å². The van der Waals surface area contributed by atoms with Gasteiger partial charge in [-0.2, -0.15) is 0 Å². The summed E-state index contributed by atoms with van der Waals surface area (Å²) in [6.45, 7) is 2.63. The molecule has 1 fully saturated rings. The van der Waals surface area contributed by atoms with Crippen molar-refractivity contribution in [3.63, 3.8) is 0 Å². The highest BCUT2D eigenvalue weighted by molar-refractivity contribution is 7.92. The van der Waals surface area contributed by atoms with Crippen LogP contribution in [-0.4, -0.2) is 43.8 Å². The van der Waals surface area contributed by atoms with E-state index in [-0.39, 0.29) is 29.0 Å². The molecule has 1 aliphatic rings. The van der Waals surface area contributed by atoms with Gasteiger partial charge in [0.05, 0.1) is 10.6 Å². The van der Waals surface area contributed by atoms with E-state index in [9.17, 15) is 22.4 Å². The Morgan fingerprint density at radius 1 is 0.925 bits per heavy atom. The number of sulfonamides is 1. The fourth-order valence-corrected chi connectivity index (χ4v) is 6.54. The van der Waals surface area contributed by atoms with Gasteiger partial charge in [0, 0.05) is 18.2 Å². The van der Waals surface area contributed by atoms with Gasteiger partial charge < -0.3 is 10.2 Å². The van der Waals surface area contributed by atoms with Crippen molar-refractivity contribution in [3.05, 3.63) is 95.8 Å². The van der Waals surface area contributed by atoms with Gasteiger partial charge in [-0.25, -0.2) is 12.8 Å². The van der Waals surface area contributed by atoms with Crippen LogP contribution in [0.4, 0.5) is 10.1 Å². The SMILES string of the molecule is Cc1ccccc1N(CC(=O)N(Cc1ccccc1F)[C@H](C)C(=O)NC1CCCCC1)S(=O)(=O)c1ccccc1. The van der Waals surface area contributed by atoms with Crippen LogP contribution in [0.25, 0.3) is 0 Å². The van der Waals surface area contributed by atoms with Gasteiger partial charge >= 0.3 is 0 Å². The van der Waals surface area contributed by atoms with Crippen LogP contribution < -0.4 is 9.62 Å². The zero-order valence-corrected chi connectivity index (χ0v) is 23.7. The summed E-state index contributed by atoms with van der Waals surface area (Å²) >= 11 is 0. The third kappa shape index (κ3) is 6.88. The Balaban J connectivity index is 1.68. The van der Waals surface area contributed by atoms with Crippen molar-refractivity contribution in [1.29, 1.82) is 0 Å². The lowest BCUT2D eigenvalue weighted by molar-refractivity contribution is -0.139. The van der Waals surface area contributed by atoms with E-state index in [0.29, 0.717) is 11.3 Å². The predicted molar refractivity (Wildman–Crippen MR) is 154 cm³/mol. The van der Waals surface area contributed by atoms with Gasteiger partial charge in [-0.15, -0.1) is 0 Å².